The van der Waals surface area contributed by atoms with E-state index in [-0.39, 0.29) is 5.91 Å². The number of terminal acetylenes is 1. The second kappa shape index (κ2) is 5.25. The van der Waals surface area contributed by atoms with Gasteiger partial charge in [0.1, 0.15) is 5.56 Å². The molecule has 2 aromatic rings. The monoisotopic (exact) mass is 332 g/mol. The first kappa shape index (κ1) is 13.1. The fourth-order valence-electron chi connectivity index (χ4n) is 2.11. The average Bonchev–Trinajstić information content (AvgIpc) is 3.15. The molecule has 0 saturated heterocycles. The summed E-state index contributed by atoms with van der Waals surface area (Å²) >= 11 is 3.33. The van der Waals surface area contributed by atoms with E-state index in [9.17, 15) is 4.79 Å². The Morgan fingerprint density at radius 3 is 3.05 bits per heavy atom. The summed E-state index contributed by atoms with van der Waals surface area (Å²) in [5.74, 6) is 3.05. The van der Waals surface area contributed by atoms with Crippen LogP contribution in [0.5, 0.6) is 0 Å². The maximum absolute atomic E-state index is 12.6. The lowest BCUT2D eigenvalue weighted by Gasteiger charge is -2.19. The van der Waals surface area contributed by atoms with Crippen LogP contribution in [0.15, 0.2) is 23.1 Å². The van der Waals surface area contributed by atoms with E-state index in [4.69, 9.17) is 6.42 Å². The van der Waals surface area contributed by atoms with Crippen LogP contribution < -0.4 is 0 Å². The summed E-state index contributed by atoms with van der Waals surface area (Å²) in [7, 11) is 0. The number of fused-ring (bicyclic) bond motifs is 1. The van der Waals surface area contributed by atoms with Crippen molar-refractivity contribution in [2.45, 2.75) is 12.8 Å². The van der Waals surface area contributed by atoms with Crippen molar-refractivity contribution in [1.82, 2.24) is 19.5 Å². The lowest BCUT2D eigenvalue weighted by Crippen LogP contribution is -2.33. The second-order valence-corrected chi connectivity index (χ2v) is 5.85. The van der Waals surface area contributed by atoms with Crippen molar-refractivity contribution in [2.75, 3.05) is 13.1 Å². The zero-order valence-corrected chi connectivity index (χ0v) is 12.4. The Morgan fingerprint density at radius 1 is 1.55 bits per heavy atom. The first-order chi connectivity index (χ1) is 9.69. The minimum absolute atomic E-state index is 0.0975. The molecule has 1 amide bonds. The molecule has 0 aromatic carbocycles. The second-order valence-electron chi connectivity index (χ2n) is 4.93. The fourth-order valence-corrected chi connectivity index (χ4v) is 2.41. The summed E-state index contributed by atoms with van der Waals surface area (Å²) in [4.78, 5) is 18.5. The van der Waals surface area contributed by atoms with Crippen LogP contribution in [-0.2, 0) is 0 Å². The summed E-state index contributed by atoms with van der Waals surface area (Å²) in [6.45, 7) is 1.04. The number of rotatable bonds is 4. The Morgan fingerprint density at radius 2 is 2.35 bits per heavy atom. The third kappa shape index (κ3) is 2.54. The first-order valence-electron chi connectivity index (χ1n) is 6.40. The quantitative estimate of drug-likeness (QED) is 0.804. The van der Waals surface area contributed by atoms with Crippen molar-refractivity contribution in [3.05, 3.63) is 28.6 Å². The third-order valence-corrected chi connectivity index (χ3v) is 3.71. The normalized spacial score (nSPS) is 14.2. The van der Waals surface area contributed by atoms with E-state index in [0.717, 1.165) is 11.0 Å². The number of hydrogen-bond donors (Lipinski definition) is 0. The van der Waals surface area contributed by atoms with Gasteiger partial charge in [-0.15, -0.1) is 6.42 Å². The Hall–Kier alpha value is -1.87. The van der Waals surface area contributed by atoms with E-state index in [2.05, 4.69) is 31.9 Å². The van der Waals surface area contributed by atoms with E-state index in [1.54, 1.807) is 28.0 Å². The molecule has 0 aliphatic heterocycles. The predicted molar refractivity (Wildman–Crippen MR) is 78.1 cm³/mol. The third-order valence-electron chi connectivity index (χ3n) is 3.30. The SMILES string of the molecule is C#CCN(CC1CC1)C(=O)c1cnn2cc(Br)cnc12. The zero-order chi connectivity index (χ0) is 14.1. The average molecular weight is 333 g/mol. The highest BCUT2D eigenvalue weighted by atomic mass is 79.9. The van der Waals surface area contributed by atoms with Gasteiger partial charge in [-0.3, -0.25) is 4.79 Å². The van der Waals surface area contributed by atoms with Gasteiger partial charge in [-0.2, -0.15) is 5.10 Å². The zero-order valence-electron chi connectivity index (χ0n) is 10.8. The molecular formula is C14H13BrN4O. The number of hydrogen-bond acceptors (Lipinski definition) is 3. The molecular weight excluding hydrogens is 320 g/mol. The van der Waals surface area contributed by atoms with E-state index in [1.165, 1.54) is 12.8 Å². The Balaban J connectivity index is 1.91. The highest BCUT2D eigenvalue weighted by molar-refractivity contribution is 9.10. The lowest BCUT2D eigenvalue weighted by atomic mass is 10.2. The van der Waals surface area contributed by atoms with Gasteiger partial charge in [0.05, 0.1) is 17.2 Å². The molecule has 0 unspecified atom stereocenters. The van der Waals surface area contributed by atoms with E-state index >= 15 is 0 Å². The molecule has 0 bridgehead atoms. The fraction of sp³-hybridized carbons (Fsp3) is 0.357. The lowest BCUT2D eigenvalue weighted by molar-refractivity contribution is 0.0771. The smallest absolute Gasteiger partial charge is 0.260 e. The minimum Gasteiger partial charge on any atom is -0.327 e. The van der Waals surface area contributed by atoms with Crippen LogP contribution in [0.25, 0.3) is 5.65 Å². The molecule has 2 aromatic heterocycles. The van der Waals surface area contributed by atoms with Crippen molar-refractivity contribution in [3.8, 4) is 12.3 Å². The standard InChI is InChI=1S/C14H13BrN4O/c1-2-5-18(8-10-3-4-10)14(20)12-7-17-19-9-11(15)6-16-13(12)19/h1,6-7,9-10H,3-5,8H2. The molecule has 0 radical (unpaired) electrons. The first-order valence-corrected chi connectivity index (χ1v) is 7.20. The Labute approximate surface area is 125 Å². The summed E-state index contributed by atoms with van der Waals surface area (Å²) in [5.41, 5.74) is 1.05. The summed E-state index contributed by atoms with van der Waals surface area (Å²) < 4.78 is 2.40. The van der Waals surface area contributed by atoms with Gasteiger partial charge in [-0.1, -0.05) is 5.92 Å². The summed E-state index contributed by atoms with van der Waals surface area (Å²) in [6.07, 6.45) is 12.7. The predicted octanol–water partition coefficient (Wildman–Crippen LogP) is 1.98. The summed E-state index contributed by atoms with van der Waals surface area (Å²) in [6, 6.07) is 0. The van der Waals surface area contributed by atoms with Crippen molar-refractivity contribution < 1.29 is 4.79 Å². The number of aromatic nitrogens is 3. The highest BCUT2D eigenvalue weighted by Gasteiger charge is 2.28. The number of carbonyl (C=O) groups excluding carboxylic acids is 1. The topological polar surface area (TPSA) is 50.5 Å². The summed E-state index contributed by atoms with van der Waals surface area (Å²) in [5, 5.41) is 4.16. The van der Waals surface area contributed by atoms with Gasteiger partial charge in [0.2, 0.25) is 0 Å². The van der Waals surface area contributed by atoms with E-state index in [1.807, 2.05) is 0 Å². The molecule has 0 N–H and O–H groups in total. The van der Waals surface area contributed by atoms with Gasteiger partial charge in [0.15, 0.2) is 5.65 Å². The van der Waals surface area contributed by atoms with Crippen LogP contribution in [0, 0.1) is 18.3 Å². The number of carbonyl (C=O) groups is 1. The molecule has 1 saturated carbocycles. The Bertz CT molecular complexity index is 699. The Kier molecular flexibility index (Phi) is 3.45. The van der Waals surface area contributed by atoms with Crippen LogP contribution in [-0.4, -0.2) is 38.5 Å². The minimum atomic E-state index is -0.0975. The van der Waals surface area contributed by atoms with Crippen molar-refractivity contribution >= 4 is 27.5 Å². The molecule has 1 aliphatic carbocycles. The van der Waals surface area contributed by atoms with Crippen molar-refractivity contribution in [3.63, 3.8) is 0 Å². The van der Waals surface area contributed by atoms with Crippen LogP contribution in [0.3, 0.4) is 0 Å². The molecule has 0 spiro atoms. The van der Waals surface area contributed by atoms with Gasteiger partial charge >= 0.3 is 0 Å². The molecule has 5 nitrogen and oxygen atoms in total. The van der Waals surface area contributed by atoms with Crippen molar-refractivity contribution in [2.24, 2.45) is 5.92 Å². The molecule has 20 heavy (non-hydrogen) atoms. The van der Waals surface area contributed by atoms with Gasteiger partial charge in [-0.25, -0.2) is 9.50 Å². The molecule has 1 fully saturated rings. The van der Waals surface area contributed by atoms with E-state index in [0.29, 0.717) is 23.7 Å². The molecule has 3 rings (SSSR count). The number of halogens is 1. The van der Waals surface area contributed by atoms with Gasteiger partial charge in [0.25, 0.3) is 5.91 Å². The molecule has 6 heteroatoms. The van der Waals surface area contributed by atoms with Gasteiger partial charge in [0, 0.05) is 18.9 Å². The molecule has 2 heterocycles. The molecule has 0 atom stereocenters. The van der Waals surface area contributed by atoms with Gasteiger partial charge < -0.3 is 4.90 Å². The van der Waals surface area contributed by atoms with Crippen LogP contribution in [0.2, 0.25) is 0 Å². The number of nitrogens with zero attached hydrogens (tertiary/aromatic N) is 4. The van der Waals surface area contributed by atoms with Crippen LogP contribution in [0.1, 0.15) is 23.2 Å². The molecule has 102 valence electrons. The maximum atomic E-state index is 12.6. The highest BCUT2D eigenvalue weighted by Crippen LogP contribution is 2.30. The van der Waals surface area contributed by atoms with Crippen LogP contribution >= 0.6 is 15.9 Å². The van der Waals surface area contributed by atoms with Gasteiger partial charge in [-0.05, 0) is 34.7 Å². The number of amides is 1. The van der Waals surface area contributed by atoms with E-state index < -0.39 is 0 Å². The molecule has 1 aliphatic rings. The maximum Gasteiger partial charge on any atom is 0.260 e. The van der Waals surface area contributed by atoms with Crippen LogP contribution in [0.4, 0.5) is 0 Å². The largest absolute Gasteiger partial charge is 0.327 e. The van der Waals surface area contributed by atoms with Crippen molar-refractivity contribution in [1.29, 1.82) is 0 Å².